The van der Waals surface area contributed by atoms with E-state index in [9.17, 15) is 0 Å². The molecule has 1 aromatic carbocycles. The summed E-state index contributed by atoms with van der Waals surface area (Å²) in [6.07, 6.45) is 1.92. The van der Waals surface area contributed by atoms with Gasteiger partial charge in [0.25, 0.3) is 0 Å². The van der Waals surface area contributed by atoms with Gasteiger partial charge in [-0.2, -0.15) is 0 Å². The largest absolute Gasteiger partial charge is 0.248 e. The standard InChI is InChI=1S/C11H8BrN/c12-8-7-10-6-5-9-3-1-2-4-11(9)13-10/h1-8H. The summed E-state index contributed by atoms with van der Waals surface area (Å²) in [6, 6.07) is 12.2. The van der Waals surface area contributed by atoms with E-state index in [4.69, 9.17) is 0 Å². The Kier molecular flexibility index (Phi) is 2.41. The third-order valence-corrected chi connectivity index (χ3v) is 2.12. The van der Waals surface area contributed by atoms with Crippen molar-refractivity contribution in [2.24, 2.45) is 0 Å². The number of hydrogen-bond donors (Lipinski definition) is 0. The first-order valence-corrected chi connectivity index (χ1v) is 4.94. The van der Waals surface area contributed by atoms with E-state index < -0.39 is 0 Å². The first-order chi connectivity index (χ1) is 6.40. The lowest BCUT2D eigenvalue weighted by Crippen LogP contribution is -1.81. The maximum absolute atomic E-state index is 4.45. The summed E-state index contributed by atoms with van der Waals surface area (Å²) in [5.74, 6) is 0. The molecule has 0 saturated heterocycles. The molecule has 2 heteroatoms. The molecule has 0 fully saturated rings. The molecule has 0 aliphatic rings. The lowest BCUT2D eigenvalue weighted by atomic mass is 10.2. The predicted octanol–water partition coefficient (Wildman–Crippen LogP) is 3.60. The fourth-order valence-electron chi connectivity index (χ4n) is 1.24. The Labute approximate surface area is 85.2 Å². The van der Waals surface area contributed by atoms with Crippen LogP contribution in [0.5, 0.6) is 0 Å². The topological polar surface area (TPSA) is 12.9 Å². The van der Waals surface area contributed by atoms with E-state index in [1.165, 1.54) is 5.39 Å². The van der Waals surface area contributed by atoms with E-state index in [-0.39, 0.29) is 0 Å². The molecule has 0 N–H and O–H groups in total. The Morgan fingerprint density at radius 3 is 2.77 bits per heavy atom. The third-order valence-electron chi connectivity index (χ3n) is 1.85. The lowest BCUT2D eigenvalue weighted by Gasteiger charge is -1.97. The molecular weight excluding hydrogens is 226 g/mol. The zero-order valence-corrected chi connectivity index (χ0v) is 8.53. The van der Waals surface area contributed by atoms with Crippen LogP contribution in [0.2, 0.25) is 0 Å². The van der Waals surface area contributed by atoms with Crippen LogP contribution in [0.1, 0.15) is 5.69 Å². The van der Waals surface area contributed by atoms with Crippen LogP contribution in [0, 0.1) is 0 Å². The normalized spacial score (nSPS) is 11.2. The molecule has 1 heterocycles. The Morgan fingerprint density at radius 2 is 1.92 bits per heavy atom. The molecule has 2 rings (SSSR count). The molecule has 1 aromatic heterocycles. The summed E-state index contributed by atoms with van der Waals surface area (Å²) < 4.78 is 0. The zero-order valence-electron chi connectivity index (χ0n) is 6.94. The summed E-state index contributed by atoms with van der Waals surface area (Å²) in [5.41, 5.74) is 2.00. The van der Waals surface area contributed by atoms with Crippen molar-refractivity contribution in [3.8, 4) is 0 Å². The van der Waals surface area contributed by atoms with Crippen molar-refractivity contribution < 1.29 is 0 Å². The second-order valence-electron chi connectivity index (χ2n) is 2.72. The minimum absolute atomic E-state index is 0.968. The summed E-state index contributed by atoms with van der Waals surface area (Å²) in [6.45, 7) is 0. The molecule has 0 radical (unpaired) electrons. The van der Waals surface area contributed by atoms with Crippen molar-refractivity contribution >= 4 is 32.9 Å². The van der Waals surface area contributed by atoms with Crippen molar-refractivity contribution in [2.45, 2.75) is 0 Å². The van der Waals surface area contributed by atoms with Crippen molar-refractivity contribution in [3.63, 3.8) is 0 Å². The molecule has 64 valence electrons. The third kappa shape index (κ3) is 1.78. The highest BCUT2D eigenvalue weighted by Gasteiger charge is 1.93. The van der Waals surface area contributed by atoms with Gasteiger partial charge in [0.2, 0.25) is 0 Å². The Hall–Kier alpha value is -1.15. The Morgan fingerprint density at radius 1 is 1.08 bits per heavy atom. The Bertz CT molecular complexity index is 449. The van der Waals surface area contributed by atoms with Gasteiger partial charge in [-0.05, 0) is 23.2 Å². The molecule has 0 atom stereocenters. The van der Waals surface area contributed by atoms with E-state index in [1.54, 1.807) is 0 Å². The maximum atomic E-state index is 4.45. The highest BCUT2D eigenvalue weighted by molar-refractivity contribution is 9.11. The van der Waals surface area contributed by atoms with E-state index in [0.29, 0.717) is 0 Å². The molecule has 0 aliphatic heterocycles. The summed E-state index contributed by atoms with van der Waals surface area (Å²) in [4.78, 5) is 6.26. The fraction of sp³-hybridized carbons (Fsp3) is 0. The highest BCUT2D eigenvalue weighted by Crippen LogP contribution is 2.12. The van der Waals surface area contributed by atoms with Gasteiger partial charge in [0, 0.05) is 5.39 Å². The molecule has 0 aliphatic carbocycles. The highest BCUT2D eigenvalue weighted by atomic mass is 79.9. The average Bonchev–Trinajstić information content (AvgIpc) is 2.18. The smallest absolute Gasteiger partial charge is 0.0709 e. The molecule has 0 saturated carbocycles. The van der Waals surface area contributed by atoms with E-state index in [1.807, 2.05) is 35.3 Å². The number of halogens is 1. The van der Waals surface area contributed by atoms with E-state index in [0.717, 1.165) is 11.2 Å². The van der Waals surface area contributed by atoms with Gasteiger partial charge in [-0.15, -0.1) is 0 Å². The second kappa shape index (κ2) is 3.71. The van der Waals surface area contributed by atoms with Gasteiger partial charge < -0.3 is 0 Å². The van der Waals surface area contributed by atoms with Crippen molar-refractivity contribution in [2.75, 3.05) is 0 Å². The van der Waals surface area contributed by atoms with Gasteiger partial charge in [-0.25, -0.2) is 4.98 Å². The van der Waals surface area contributed by atoms with Crippen LogP contribution in [-0.2, 0) is 0 Å². The van der Waals surface area contributed by atoms with E-state index in [2.05, 4.69) is 33.0 Å². The van der Waals surface area contributed by atoms with Crippen LogP contribution < -0.4 is 0 Å². The number of rotatable bonds is 1. The number of pyridine rings is 1. The fourth-order valence-corrected chi connectivity index (χ4v) is 1.51. The van der Waals surface area contributed by atoms with Crippen LogP contribution in [0.15, 0.2) is 41.4 Å². The van der Waals surface area contributed by atoms with Crippen molar-refractivity contribution in [3.05, 3.63) is 47.1 Å². The van der Waals surface area contributed by atoms with Gasteiger partial charge in [0.1, 0.15) is 0 Å². The zero-order chi connectivity index (χ0) is 9.10. The van der Waals surface area contributed by atoms with Gasteiger partial charge in [-0.1, -0.05) is 40.2 Å². The maximum Gasteiger partial charge on any atom is 0.0709 e. The molecule has 13 heavy (non-hydrogen) atoms. The molecule has 2 aromatic rings. The molecule has 0 bridgehead atoms. The van der Waals surface area contributed by atoms with Crippen LogP contribution >= 0.6 is 15.9 Å². The molecule has 0 spiro atoms. The number of benzene rings is 1. The number of nitrogens with zero attached hydrogens (tertiary/aromatic N) is 1. The predicted molar refractivity (Wildman–Crippen MR) is 59.7 cm³/mol. The minimum atomic E-state index is 0.968. The summed E-state index contributed by atoms with van der Waals surface area (Å²) in [7, 11) is 0. The SMILES string of the molecule is BrC=Cc1ccc2ccccc2n1. The molecule has 1 nitrogen and oxygen atoms in total. The number of fused-ring (bicyclic) bond motifs is 1. The van der Waals surface area contributed by atoms with Crippen molar-refractivity contribution in [1.29, 1.82) is 0 Å². The number of hydrogen-bond acceptors (Lipinski definition) is 1. The monoisotopic (exact) mass is 233 g/mol. The van der Waals surface area contributed by atoms with Crippen LogP contribution in [0.4, 0.5) is 0 Å². The van der Waals surface area contributed by atoms with Gasteiger partial charge in [-0.3, -0.25) is 0 Å². The van der Waals surface area contributed by atoms with Crippen LogP contribution in [-0.4, -0.2) is 4.98 Å². The molecular formula is C11H8BrN. The molecule has 0 amide bonds. The second-order valence-corrected chi connectivity index (χ2v) is 3.25. The van der Waals surface area contributed by atoms with Gasteiger partial charge in [0.15, 0.2) is 0 Å². The first kappa shape index (κ1) is 8.45. The first-order valence-electron chi connectivity index (χ1n) is 4.03. The number of aromatic nitrogens is 1. The summed E-state index contributed by atoms with van der Waals surface area (Å²) in [5, 5.41) is 1.18. The minimum Gasteiger partial charge on any atom is -0.248 e. The summed E-state index contributed by atoms with van der Waals surface area (Å²) >= 11 is 3.23. The van der Waals surface area contributed by atoms with Crippen LogP contribution in [0.25, 0.3) is 17.0 Å². The number of para-hydroxylation sites is 1. The van der Waals surface area contributed by atoms with Crippen LogP contribution in [0.3, 0.4) is 0 Å². The van der Waals surface area contributed by atoms with Crippen molar-refractivity contribution in [1.82, 2.24) is 4.98 Å². The van der Waals surface area contributed by atoms with Gasteiger partial charge >= 0.3 is 0 Å². The van der Waals surface area contributed by atoms with Gasteiger partial charge in [0.05, 0.1) is 11.2 Å². The Balaban J connectivity index is 2.62. The quantitative estimate of drug-likeness (QED) is 0.734. The average molecular weight is 234 g/mol. The molecule has 0 unspecified atom stereocenters. The lowest BCUT2D eigenvalue weighted by molar-refractivity contribution is 1.37. The van der Waals surface area contributed by atoms with E-state index >= 15 is 0 Å².